The number of anilines is 2. The second kappa shape index (κ2) is 4.18. The summed E-state index contributed by atoms with van der Waals surface area (Å²) in [4.78, 5) is 8.22. The predicted molar refractivity (Wildman–Crippen MR) is 62.3 cm³/mol. The monoisotopic (exact) mass is 204 g/mol. The van der Waals surface area contributed by atoms with Crippen molar-refractivity contribution in [3.63, 3.8) is 0 Å². The number of pyridine rings is 1. The average molecular weight is 204 g/mol. The third-order valence-electron chi connectivity index (χ3n) is 2.18. The van der Waals surface area contributed by atoms with E-state index in [4.69, 9.17) is 5.26 Å². The molecule has 0 radical (unpaired) electrons. The maximum Gasteiger partial charge on any atom is 0.148 e. The highest BCUT2D eigenvalue weighted by Gasteiger charge is 2.12. The number of rotatable bonds is 2. The van der Waals surface area contributed by atoms with Crippen molar-refractivity contribution in [1.29, 1.82) is 5.26 Å². The van der Waals surface area contributed by atoms with Gasteiger partial charge in [-0.25, -0.2) is 4.98 Å². The van der Waals surface area contributed by atoms with Crippen molar-refractivity contribution in [3.8, 4) is 6.07 Å². The molecule has 0 bridgehead atoms. The third-order valence-corrected chi connectivity index (χ3v) is 2.18. The minimum absolute atomic E-state index is 0.644. The lowest BCUT2D eigenvalue weighted by atomic mass is 10.1. The molecule has 0 amide bonds. The molecule has 0 spiro atoms. The van der Waals surface area contributed by atoms with Crippen LogP contribution in [0.4, 0.5) is 11.6 Å². The molecule has 1 rings (SSSR count). The third kappa shape index (κ3) is 2.18. The maximum absolute atomic E-state index is 9.05. The first kappa shape index (κ1) is 11.3. The second-order valence-electron chi connectivity index (χ2n) is 3.90. The van der Waals surface area contributed by atoms with Gasteiger partial charge in [-0.2, -0.15) is 5.26 Å². The van der Waals surface area contributed by atoms with Crippen LogP contribution >= 0.6 is 0 Å². The normalized spacial score (nSPS) is 9.60. The van der Waals surface area contributed by atoms with Crippen LogP contribution in [-0.4, -0.2) is 33.2 Å². The minimum Gasteiger partial charge on any atom is -0.363 e. The topological polar surface area (TPSA) is 43.2 Å². The largest absolute Gasteiger partial charge is 0.363 e. The molecule has 0 aliphatic heterocycles. The van der Waals surface area contributed by atoms with Gasteiger partial charge in [-0.15, -0.1) is 0 Å². The molecule has 0 aromatic carbocycles. The molecule has 0 atom stereocenters. The summed E-state index contributed by atoms with van der Waals surface area (Å²) in [5.41, 5.74) is 1.60. The Hall–Kier alpha value is -1.76. The van der Waals surface area contributed by atoms with E-state index >= 15 is 0 Å². The van der Waals surface area contributed by atoms with Crippen LogP contribution in [-0.2, 0) is 0 Å². The smallest absolute Gasteiger partial charge is 0.148 e. The Labute approximate surface area is 90.8 Å². The quantitative estimate of drug-likeness (QED) is 0.730. The molecule has 1 aromatic rings. The summed E-state index contributed by atoms with van der Waals surface area (Å²) in [6, 6.07) is 4.11. The van der Waals surface area contributed by atoms with E-state index in [1.54, 1.807) is 0 Å². The Morgan fingerprint density at radius 1 is 1.20 bits per heavy atom. The Morgan fingerprint density at radius 2 is 1.80 bits per heavy atom. The number of aryl methyl sites for hydroxylation is 1. The second-order valence-corrected chi connectivity index (χ2v) is 3.90. The first-order valence-corrected chi connectivity index (χ1v) is 4.73. The summed E-state index contributed by atoms with van der Waals surface area (Å²) in [6.07, 6.45) is 0. The number of aromatic nitrogens is 1. The highest BCUT2D eigenvalue weighted by molar-refractivity contribution is 5.61. The fourth-order valence-electron chi connectivity index (χ4n) is 1.33. The van der Waals surface area contributed by atoms with Gasteiger partial charge in [-0.1, -0.05) is 0 Å². The maximum atomic E-state index is 9.05. The summed E-state index contributed by atoms with van der Waals surface area (Å²) in [5, 5.41) is 9.05. The van der Waals surface area contributed by atoms with Crippen LogP contribution in [0, 0.1) is 18.3 Å². The van der Waals surface area contributed by atoms with E-state index in [-0.39, 0.29) is 0 Å². The van der Waals surface area contributed by atoms with Crippen LogP contribution in [0.3, 0.4) is 0 Å². The first-order valence-electron chi connectivity index (χ1n) is 4.73. The molecule has 15 heavy (non-hydrogen) atoms. The average Bonchev–Trinajstić information content (AvgIpc) is 2.16. The molecular formula is C11H16N4. The van der Waals surface area contributed by atoms with Crippen molar-refractivity contribution in [3.05, 3.63) is 17.2 Å². The van der Waals surface area contributed by atoms with Gasteiger partial charge in [0.05, 0.1) is 5.56 Å². The van der Waals surface area contributed by atoms with Gasteiger partial charge in [0.1, 0.15) is 17.7 Å². The molecule has 4 heteroatoms. The zero-order valence-corrected chi connectivity index (χ0v) is 9.87. The van der Waals surface area contributed by atoms with Gasteiger partial charge in [0, 0.05) is 28.2 Å². The predicted octanol–water partition coefficient (Wildman–Crippen LogP) is 1.39. The molecule has 1 aromatic heterocycles. The van der Waals surface area contributed by atoms with E-state index in [0.29, 0.717) is 5.56 Å². The van der Waals surface area contributed by atoms with E-state index in [0.717, 1.165) is 17.2 Å². The van der Waals surface area contributed by atoms with Crippen molar-refractivity contribution in [2.24, 2.45) is 0 Å². The van der Waals surface area contributed by atoms with E-state index in [2.05, 4.69) is 11.1 Å². The van der Waals surface area contributed by atoms with E-state index in [9.17, 15) is 0 Å². The molecule has 0 fully saturated rings. The van der Waals surface area contributed by atoms with Crippen molar-refractivity contribution >= 4 is 11.6 Å². The lowest BCUT2D eigenvalue weighted by Crippen LogP contribution is -2.17. The number of nitriles is 1. The minimum atomic E-state index is 0.644. The van der Waals surface area contributed by atoms with Crippen LogP contribution in [0.5, 0.6) is 0 Å². The molecule has 80 valence electrons. The fraction of sp³-hybridized carbons (Fsp3) is 0.455. The Balaban J connectivity index is 3.40. The molecule has 0 N–H and O–H groups in total. The SMILES string of the molecule is Cc1cc(N(C)C)nc(N(C)C)c1C#N. The van der Waals surface area contributed by atoms with Crippen molar-refractivity contribution in [1.82, 2.24) is 4.98 Å². The number of nitrogens with zero attached hydrogens (tertiary/aromatic N) is 4. The summed E-state index contributed by atoms with van der Waals surface area (Å²) in [7, 11) is 7.66. The van der Waals surface area contributed by atoms with Crippen LogP contribution in [0.1, 0.15) is 11.1 Å². The lowest BCUT2D eigenvalue weighted by molar-refractivity contribution is 1.01. The van der Waals surface area contributed by atoms with Crippen LogP contribution in [0.2, 0.25) is 0 Å². The molecule has 4 nitrogen and oxygen atoms in total. The van der Waals surface area contributed by atoms with Crippen molar-refractivity contribution in [2.75, 3.05) is 38.0 Å². The van der Waals surface area contributed by atoms with Crippen molar-refractivity contribution in [2.45, 2.75) is 6.92 Å². The number of hydrogen-bond donors (Lipinski definition) is 0. The highest BCUT2D eigenvalue weighted by atomic mass is 15.2. The van der Waals surface area contributed by atoms with Gasteiger partial charge in [0.2, 0.25) is 0 Å². The fourth-order valence-corrected chi connectivity index (χ4v) is 1.33. The molecule has 0 aliphatic rings. The van der Waals surface area contributed by atoms with Gasteiger partial charge in [0.15, 0.2) is 0 Å². The van der Waals surface area contributed by atoms with E-state index < -0.39 is 0 Å². The molecule has 0 saturated heterocycles. The Kier molecular flexibility index (Phi) is 3.15. The van der Waals surface area contributed by atoms with Gasteiger partial charge in [-0.3, -0.25) is 0 Å². The van der Waals surface area contributed by atoms with Crippen LogP contribution in [0.25, 0.3) is 0 Å². The van der Waals surface area contributed by atoms with Crippen molar-refractivity contribution < 1.29 is 0 Å². The van der Waals surface area contributed by atoms with E-state index in [1.165, 1.54) is 0 Å². The van der Waals surface area contributed by atoms with E-state index in [1.807, 2.05) is 51.0 Å². The van der Waals surface area contributed by atoms with Gasteiger partial charge >= 0.3 is 0 Å². The summed E-state index contributed by atoms with van der Waals surface area (Å²) < 4.78 is 0. The van der Waals surface area contributed by atoms with Gasteiger partial charge < -0.3 is 9.80 Å². The molecule has 1 heterocycles. The molecule has 0 unspecified atom stereocenters. The molecule has 0 saturated carbocycles. The number of hydrogen-bond acceptors (Lipinski definition) is 4. The van der Waals surface area contributed by atoms with Crippen LogP contribution in [0.15, 0.2) is 6.07 Å². The van der Waals surface area contributed by atoms with Crippen LogP contribution < -0.4 is 9.80 Å². The first-order chi connectivity index (χ1) is 6.97. The standard InChI is InChI=1S/C11H16N4/c1-8-6-10(14(2)3)13-11(15(4)5)9(8)7-12/h6H,1-5H3. The molecule has 0 aliphatic carbocycles. The Morgan fingerprint density at radius 3 is 2.20 bits per heavy atom. The van der Waals surface area contributed by atoms with Gasteiger partial charge in [0.25, 0.3) is 0 Å². The van der Waals surface area contributed by atoms with Gasteiger partial charge in [-0.05, 0) is 18.6 Å². The Bertz CT molecular complexity index is 402. The molecular weight excluding hydrogens is 188 g/mol. The highest BCUT2D eigenvalue weighted by Crippen LogP contribution is 2.23. The summed E-state index contributed by atoms with van der Waals surface area (Å²) >= 11 is 0. The zero-order valence-electron chi connectivity index (χ0n) is 9.87. The zero-order chi connectivity index (χ0) is 11.6. The summed E-state index contributed by atoms with van der Waals surface area (Å²) in [6.45, 7) is 1.93. The summed E-state index contributed by atoms with van der Waals surface area (Å²) in [5.74, 6) is 1.59. The lowest BCUT2D eigenvalue weighted by Gasteiger charge is -2.19.